The Bertz CT molecular complexity index is 971. The highest BCUT2D eigenvalue weighted by Gasteiger charge is 2.27. The number of amides is 1. The van der Waals surface area contributed by atoms with Crippen molar-refractivity contribution < 1.29 is 13.2 Å². The number of aryl methyl sites for hydroxylation is 1. The van der Waals surface area contributed by atoms with E-state index in [1.54, 1.807) is 16.4 Å². The summed E-state index contributed by atoms with van der Waals surface area (Å²) in [6.45, 7) is 4.00. The van der Waals surface area contributed by atoms with Crippen LogP contribution >= 0.6 is 0 Å². The van der Waals surface area contributed by atoms with E-state index in [0.717, 1.165) is 44.5 Å². The first kappa shape index (κ1) is 22.0. The fourth-order valence-corrected chi connectivity index (χ4v) is 5.92. The van der Waals surface area contributed by atoms with E-state index in [2.05, 4.69) is 34.5 Å². The molecule has 1 N–H and O–H groups in total. The fraction of sp³-hybridized carbons (Fsp3) is 0.458. The van der Waals surface area contributed by atoms with Crippen LogP contribution in [0.4, 0.5) is 0 Å². The molecule has 0 spiro atoms. The predicted molar refractivity (Wildman–Crippen MR) is 121 cm³/mol. The minimum absolute atomic E-state index is 0.0559. The number of nitrogens with zero attached hydrogens (tertiary/aromatic N) is 2. The van der Waals surface area contributed by atoms with Crippen LogP contribution in [-0.2, 0) is 27.8 Å². The molecule has 2 saturated heterocycles. The zero-order chi connectivity index (χ0) is 21.7. The molecule has 2 fully saturated rings. The molecule has 0 aromatic heterocycles. The third kappa shape index (κ3) is 5.73. The number of hydrogen-bond acceptors (Lipinski definition) is 4. The Hall–Kier alpha value is -2.22. The summed E-state index contributed by atoms with van der Waals surface area (Å²) in [5.41, 5.74) is 2.28. The molecule has 7 heteroatoms. The molecule has 0 aliphatic carbocycles. The predicted octanol–water partition coefficient (Wildman–Crippen LogP) is 2.79. The van der Waals surface area contributed by atoms with E-state index in [1.807, 2.05) is 18.2 Å². The molecule has 1 amide bonds. The average molecular weight is 442 g/mol. The average Bonchev–Trinajstić information content (AvgIpc) is 3.46. The van der Waals surface area contributed by atoms with Crippen molar-refractivity contribution in [2.45, 2.75) is 49.6 Å². The number of nitrogens with one attached hydrogen (secondary N) is 1. The van der Waals surface area contributed by atoms with Gasteiger partial charge in [-0.1, -0.05) is 42.5 Å². The maximum atomic E-state index is 12.6. The molecule has 166 valence electrons. The Morgan fingerprint density at radius 3 is 2.35 bits per heavy atom. The van der Waals surface area contributed by atoms with Crippen molar-refractivity contribution in [3.05, 3.63) is 65.7 Å². The summed E-state index contributed by atoms with van der Waals surface area (Å²) in [6, 6.07) is 17.6. The first-order valence-corrected chi connectivity index (χ1v) is 12.6. The summed E-state index contributed by atoms with van der Waals surface area (Å²) >= 11 is 0. The molecular weight excluding hydrogens is 410 g/mol. The molecule has 4 rings (SSSR count). The van der Waals surface area contributed by atoms with Gasteiger partial charge in [0.15, 0.2) is 0 Å². The standard InChI is InChI=1S/C24H31N3O3S/c28-24(25-22-14-17-26(19-22)18-21-6-2-1-3-7-21)13-10-20-8-11-23(12-9-20)31(29,30)27-15-4-5-16-27/h1-3,6-9,11-12,22H,4-5,10,13-19H2,(H,25,28). The first-order valence-electron chi connectivity index (χ1n) is 11.2. The van der Waals surface area contributed by atoms with E-state index in [1.165, 1.54) is 5.56 Å². The Labute approximate surface area is 185 Å². The largest absolute Gasteiger partial charge is 0.352 e. The summed E-state index contributed by atoms with van der Waals surface area (Å²) in [6.07, 6.45) is 3.85. The second-order valence-electron chi connectivity index (χ2n) is 8.53. The lowest BCUT2D eigenvalue weighted by Gasteiger charge is -2.17. The molecule has 6 nitrogen and oxygen atoms in total. The first-order chi connectivity index (χ1) is 15.0. The monoisotopic (exact) mass is 441 g/mol. The SMILES string of the molecule is O=C(CCc1ccc(S(=O)(=O)N2CCCC2)cc1)NC1CCN(Cc2ccccc2)C1. The van der Waals surface area contributed by atoms with Crippen molar-refractivity contribution in [3.63, 3.8) is 0 Å². The number of hydrogen-bond donors (Lipinski definition) is 1. The highest BCUT2D eigenvalue weighted by Crippen LogP contribution is 2.21. The minimum Gasteiger partial charge on any atom is -0.352 e. The molecular formula is C24H31N3O3S. The molecule has 0 radical (unpaired) electrons. The van der Waals surface area contributed by atoms with Gasteiger partial charge in [0.25, 0.3) is 0 Å². The summed E-state index contributed by atoms with van der Waals surface area (Å²) in [5.74, 6) is 0.0559. The summed E-state index contributed by atoms with van der Waals surface area (Å²) in [7, 11) is -3.38. The van der Waals surface area contributed by atoms with Gasteiger partial charge < -0.3 is 5.32 Å². The molecule has 2 aliphatic rings. The van der Waals surface area contributed by atoms with Crippen molar-refractivity contribution in [3.8, 4) is 0 Å². The smallest absolute Gasteiger partial charge is 0.243 e. The number of rotatable bonds is 8. The van der Waals surface area contributed by atoms with Crippen LogP contribution < -0.4 is 5.32 Å². The topological polar surface area (TPSA) is 69.7 Å². The summed E-state index contributed by atoms with van der Waals surface area (Å²) < 4.78 is 26.8. The van der Waals surface area contributed by atoms with E-state index in [-0.39, 0.29) is 11.9 Å². The van der Waals surface area contributed by atoms with Gasteiger partial charge in [-0.2, -0.15) is 4.31 Å². The van der Waals surface area contributed by atoms with E-state index >= 15 is 0 Å². The molecule has 0 saturated carbocycles. The molecule has 2 aliphatic heterocycles. The van der Waals surface area contributed by atoms with Gasteiger partial charge in [-0.25, -0.2) is 8.42 Å². The van der Waals surface area contributed by atoms with Gasteiger partial charge >= 0.3 is 0 Å². The molecule has 2 heterocycles. The zero-order valence-electron chi connectivity index (χ0n) is 17.9. The van der Waals surface area contributed by atoms with Crippen molar-refractivity contribution in [1.82, 2.24) is 14.5 Å². The molecule has 31 heavy (non-hydrogen) atoms. The zero-order valence-corrected chi connectivity index (χ0v) is 18.7. The van der Waals surface area contributed by atoms with Crippen LogP contribution in [0.3, 0.4) is 0 Å². The van der Waals surface area contributed by atoms with Gasteiger partial charge in [0.05, 0.1) is 4.90 Å². The maximum Gasteiger partial charge on any atom is 0.243 e. The van der Waals surface area contributed by atoms with E-state index in [0.29, 0.717) is 30.8 Å². The van der Waals surface area contributed by atoms with E-state index in [9.17, 15) is 13.2 Å². The molecule has 1 unspecified atom stereocenters. The Balaban J connectivity index is 1.22. The van der Waals surface area contributed by atoms with Crippen LogP contribution in [0.15, 0.2) is 59.5 Å². The van der Waals surface area contributed by atoms with Crippen LogP contribution in [-0.4, -0.2) is 55.8 Å². The number of likely N-dealkylation sites (tertiary alicyclic amines) is 1. The van der Waals surface area contributed by atoms with Crippen molar-refractivity contribution in [2.24, 2.45) is 0 Å². The van der Waals surface area contributed by atoms with Crippen LogP contribution in [0.1, 0.15) is 36.8 Å². The lowest BCUT2D eigenvalue weighted by Crippen LogP contribution is -2.37. The van der Waals surface area contributed by atoms with Crippen LogP contribution in [0.2, 0.25) is 0 Å². The third-order valence-corrected chi connectivity index (χ3v) is 8.07. The Kier molecular flexibility index (Phi) is 7.05. The minimum atomic E-state index is -3.38. The molecule has 1 atom stereocenters. The maximum absolute atomic E-state index is 12.6. The van der Waals surface area contributed by atoms with Gasteiger partial charge in [-0.3, -0.25) is 9.69 Å². The lowest BCUT2D eigenvalue weighted by atomic mass is 10.1. The molecule has 2 aromatic carbocycles. The second kappa shape index (κ2) is 9.94. The van der Waals surface area contributed by atoms with E-state index < -0.39 is 10.0 Å². The van der Waals surface area contributed by atoms with Gasteiger partial charge in [-0.15, -0.1) is 0 Å². The molecule has 2 aromatic rings. The summed E-state index contributed by atoms with van der Waals surface area (Å²) in [4.78, 5) is 15.1. The fourth-order valence-electron chi connectivity index (χ4n) is 4.40. The van der Waals surface area contributed by atoms with Gasteiger partial charge in [0, 0.05) is 45.2 Å². The highest BCUT2D eigenvalue weighted by atomic mass is 32.2. The van der Waals surface area contributed by atoms with Crippen LogP contribution in [0.5, 0.6) is 0 Å². The van der Waals surface area contributed by atoms with Gasteiger partial charge in [-0.05, 0) is 48.9 Å². The van der Waals surface area contributed by atoms with Gasteiger partial charge in [0.1, 0.15) is 0 Å². The molecule has 0 bridgehead atoms. The lowest BCUT2D eigenvalue weighted by molar-refractivity contribution is -0.121. The number of carbonyl (C=O) groups is 1. The van der Waals surface area contributed by atoms with Crippen molar-refractivity contribution in [2.75, 3.05) is 26.2 Å². The second-order valence-corrected chi connectivity index (χ2v) is 10.5. The highest BCUT2D eigenvalue weighted by molar-refractivity contribution is 7.89. The number of sulfonamides is 1. The number of carbonyl (C=O) groups excluding carboxylic acids is 1. The van der Waals surface area contributed by atoms with E-state index in [4.69, 9.17) is 0 Å². The number of benzene rings is 2. The van der Waals surface area contributed by atoms with Crippen molar-refractivity contribution >= 4 is 15.9 Å². The Morgan fingerprint density at radius 2 is 1.65 bits per heavy atom. The van der Waals surface area contributed by atoms with Crippen LogP contribution in [0, 0.1) is 0 Å². The third-order valence-electron chi connectivity index (χ3n) is 6.15. The van der Waals surface area contributed by atoms with Gasteiger partial charge in [0.2, 0.25) is 15.9 Å². The normalized spacial score (nSPS) is 20.2. The summed E-state index contributed by atoms with van der Waals surface area (Å²) in [5, 5.41) is 3.15. The van der Waals surface area contributed by atoms with Crippen LogP contribution in [0.25, 0.3) is 0 Å². The Morgan fingerprint density at radius 1 is 0.935 bits per heavy atom. The quantitative estimate of drug-likeness (QED) is 0.684. The van der Waals surface area contributed by atoms with Crippen molar-refractivity contribution in [1.29, 1.82) is 0 Å².